The molecule has 0 fully saturated rings. The van der Waals surface area contributed by atoms with E-state index in [1.165, 1.54) is 67.3 Å². The first-order chi connectivity index (χ1) is 22.8. The SMILES string of the molecule is CC1(C)c2ccccc2N(Cc2ccccc2Br)c2ccccc21.CC1(C)c2ccccc2N2Cc3ccccc3-c3cccc1c32. The minimum absolute atomic E-state index is 0.0115. The summed E-state index contributed by atoms with van der Waals surface area (Å²) in [5, 5.41) is 0. The Hall–Kier alpha value is -4.60. The third kappa shape index (κ3) is 4.74. The van der Waals surface area contributed by atoms with E-state index in [4.69, 9.17) is 0 Å². The van der Waals surface area contributed by atoms with E-state index in [-0.39, 0.29) is 10.8 Å². The normalized spacial score (nSPS) is 15.6. The van der Waals surface area contributed by atoms with Gasteiger partial charge in [-0.2, -0.15) is 0 Å². The van der Waals surface area contributed by atoms with Gasteiger partial charge in [0.05, 0.1) is 5.69 Å². The molecule has 2 nitrogen and oxygen atoms in total. The predicted octanol–water partition coefficient (Wildman–Crippen LogP) is 12.1. The van der Waals surface area contributed by atoms with Gasteiger partial charge in [-0.15, -0.1) is 0 Å². The molecule has 3 aliphatic heterocycles. The van der Waals surface area contributed by atoms with Crippen molar-refractivity contribution < 1.29 is 0 Å². The van der Waals surface area contributed by atoms with Gasteiger partial charge in [0.15, 0.2) is 0 Å². The highest BCUT2D eigenvalue weighted by atomic mass is 79.9. The second-order valence-electron chi connectivity index (χ2n) is 13.9. The number of benzene rings is 6. The number of fused-ring (bicyclic) bond motifs is 6. The minimum Gasteiger partial charge on any atom is -0.336 e. The van der Waals surface area contributed by atoms with Crippen LogP contribution < -0.4 is 9.80 Å². The van der Waals surface area contributed by atoms with E-state index < -0.39 is 0 Å². The van der Waals surface area contributed by atoms with Crippen LogP contribution in [0.2, 0.25) is 0 Å². The van der Waals surface area contributed by atoms with Gasteiger partial charge in [-0.25, -0.2) is 0 Å². The van der Waals surface area contributed by atoms with Crippen LogP contribution in [-0.4, -0.2) is 0 Å². The molecule has 0 atom stereocenters. The lowest BCUT2D eigenvalue weighted by Gasteiger charge is -2.45. The Labute approximate surface area is 287 Å². The fourth-order valence-corrected chi connectivity index (χ4v) is 8.44. The first-order valence-corrected chi connectivity index (χ1v) is 17.3. The third-order valence-electron chi connectivity index (χ3n) is 10.5. The molecule has 0 aliphatic carbocycles. The maximum atomic E-state index is 3.70. The Morgan fingerprint density at radius 2 is 1.00 bits per heavy atom. The molecule has 0 radical (unpaired) electrons. The summed E-state index contributed by atoms with van der Waals surface area (Å²) in [6.07, 6.45) is 0. The van der Waals surface area contributed by atoms with Crippen molar-refractivity contribution in [3.63, 3.8) is 0 Å². The average molecular weight is 676 g/mol. The minimum atomic E-state index is 0.0115. The van der Waals surface area contributed by atoms with Crippen LogP contribution in [0.3, 0.4) is 0 Å². The molecule has 0 aromatic heterocycles. The lowest BCUT2D eigenvalue weighted by atomic mass is 9.71. The van der Waals surface area contributed by atoms with Gasteiger partial charge in [-0.1, -0.05) is 159 Å². The average Bonchev–Trinajstić information content (AvgIpc) is 3.10. The molecule has 3 heteroatoms. The number of nitrogens with zero attached hydrogens (tertiary/aromatic N) is 2. The maximum absolute atomic E-state index is 3.70. The summed E-state index contributed by atoms with van der Waals surface area (Å²) in [6.45, 7) is 11.1. The Kier molecular flexibility index (Phi) is 7.15. The zero-order chi connectivity index (χ0) is 32.3. The van der Waals surface area contributed by atoms with Gasteiger partial charge in [0.25, 0.3) is 0 Å². The number of hydrogen-bond donors (Lipinski definition) is 0. The largest absolute Gasteiger partial charge is 0.336 e. The van der Waals surface area contributed by atoms with Crippen molar-refractivity contribution in [3.8, 4) is 11.1 Å². The van der Waals surface area contributed by atoms with Gasteiger partial charge >= 0.3 is 0 Å². The molecule has 0 unspecified atom stereocenters. The van der Waals surface area contributed by atoms with Crippen molar-refractivity contribution in [2.75, 3.05) is 9.80 Å². The molecule has 232 valence electrons. The van der Waals surface area contributed by atoms with E-state index in [0.717, 1.165) is 17.6 Å². The van der Waals surface area contributed by atoms with E-state index >= 15 is 0 Å². The van der Waals surface area contributed by atoms with Crippen molar-refractivity contribution in [1.82, 2.24) is 0 Å². The Morgan fingerprint density at radius 1 is 0.511 bits per heavy atom. The van der Waals surface area contributed by atoms with Gasteiger partial charge in [0.2, 0.25) is 0 Å². The molecular formula is C44H39BrN2. The van der Waals surface area contributed by atoms with Crippen molar-refractivity contribution in [3.05, 3.63) is 177 Å². The van der Waals surface area contributed by atoms with Gasteiger partial charge in [0, 0.05) is 51.0 Å². The summed E-state index contributed by atoms with van der Waals surface area (Å²) in [6, 6.07) is 50.5. The van der Waals surface area contributed by atoms with Gasteiger partial charge in [-0.05, 0) is 63.2 Å². The maximum Gasteiger partial charge on any atom is 0.0535 e. The summed E-state index contributed by atoms with van der Waals surface area (Å²) in [5.41, 5.74) is 16.5. The van der Waals surface area contributed by atoms with Crippen LogP contribution in [0, 0.1) is 0 Å². The molecule has 9 rings (SSSR count). The second-order valence-corrected chi connectivity index (χ2v) is 14.8. The number of rotatable bonds is 2. The first kappa shape index (κ1) is 29.8. The Morgan fingerprint density at radius 3 is 1.68 bits per heavy atom. The summed E-state index contributed by atoms with van der Waals surface area (Å²) in [7, 11) is 0. The first-order valence-electron chi connectivity index (χ1n) is 16.6. The molecule has 0 saturated carbocycles. The molecular weight excluding hydrogens is 636 g/mol. The highest BCUT2D eigenvalue weighted by Gasteiger charge is 2.39. The topological polar surface area (TPSA) is 6.48 Å². The summed E-state index contributed by atoms with van der Waals surface area (Å²) in [4.78, 5) is 4.95. The van der Waals surface area contributed by atoms with Crippen LogP contribution in [0.1, 0.15) is 61.1 Å². The van der Waals surface area contributed by atoms with Crippen molar-refractivity contribution in [2.45, 2.75) is 51.6 Å². The van der Waals surface area contributed by atoms with E-state index in [1.807, 2.05) is 0 Å². The highest BCUT2D eigenvalue weighted by molar-refractivity contribution is 9.10. The van der Waals surface area contributed by atoms with E-state index in [9.17, 15) is 0 Å². The van der Waals surface area contributed by atoms with Crippen molar-refractivity contribution in [2.24, 2.45) is 0 Å². The lowest BCUT2D eigenvalue weighted by molar-refractivity contribution is 0.623. The van der Waals surface area contributed by atoms with E-state index in [0.29, 0.717) is 0 Å². The highest BCUT2D eigenvalue weighted by Crippen LogP contribution is 2.55. The van der Waals surface area contributed by atoms with Crippen LogP contribution in [0.4, 0.5) is 22.7 Å². The van der Waals surface area contributed by atoms with Gasteiger partial charge in [-0.3, -0.25) is 0 Å². The van der Waals surface area contributed by atoms with Crippen molar-refractivity contribution in [1.29, 1.82) is 0 Å². The van der Waals surface area contributed by atoms with E-state index in [1.54, 1.807) is 0 Å². The molecule has 3 heterocycles. The molecule has 6 aromatic carbocycles. The fourth-order valence-electron chi connectivity index (χ4n) is 8.03. The van der Waals surface area contributed by atoms with E-state index in [2.05, 4.69) is 193 Å². The predicted molar refractivity (Wildman–Crippen MR) is 201 cm³/mol. The van der Waals surface area contributed by atoms with Gasteiger partial charge in [0.1, 0.15) is 0 Å². The molecule has 3 aliphatic rings. The van der Waals surface area contributed by atoms with Crippen LogP contribution in [0.5, 0.6) is 0 Å². The number of para-hydroxylation sites is 4. The Bertz CT molecular complexity index is 2090. The monoisotopic (exact) mass is 674 g/mol. The zero-order valence-corrected chi connectivity index (χ0v) is 29.1. The number of halogens is 1. The summed E-state index contributed by atoms with van der Waals surface area (Å²) < 4.78 is 1.16. The van der Waals surface area contributed by atoms with Gasteiger partial charge < -0.3 is 9.80 Å². The molecule has 47 heavy (non-hydrogen) atoms. The molecule has 0 spiro atoms. The second kappa shape index (κ2) is 11.3. The zero-order valence-electron chi connectivity index (χ0n) is 27.5. The Balaban J connectivity index is 0.000000138. The van der Waals surface area contributed by atoms with Crippen molar-refractivity contribution >= 4 is 38.7 Å². The van der Waals surface area contributed by atoms with Crippen LogP contribution >= 0.6 is 15.9 Å². The lowest BCUT2D eigenvalue weighted by Crippen LogP contribution is -2.34. The quantitative estimate of drug-likeness (QED) is 0.180. The smallest absolute Gasteiger partial charge is 0.0535 e. The third-order valence-corrected chi connectivity index (χ3v) is 11.3. The van der Waals surface area contributed by atoms with Crippen LogP contribution in [0.15, 0.2) is 144 Å². The number of anilines is 4. The molecule has 0 saturated heterocycles. The molecule has 0 bridgehead atoms. The number of hydrogen-bond acceptors (Lipinski definition) is 2. The molecule has 0 N–H and O–H groups in total. The van der Waals surface area contributed by atoms with Crippen LogP contribution in [-0.2, 0) is 23.9 Å². The molecule has 6 aromatic rings. The van der Waals surface area contributed by atoms with Crippen LogP contribution in [0.25, 0.3) is 11.1 Å². The summed E-state index contributed by atoms with van der Waals surface area (Å²) in [5.74, 6) is 0. The standard InChI is InChI=1S/C22H20BrN.C22H19N/c1-22(2)17-10-4-7-13-20(17)24(21-14-8-5-11-18(21)22)15-16-9-3-6-12-19(16)23;1-22(2)18-11-5-6-13-20(18)23-14-15-8-3-4-9-16(15)17-10-7-12-19(22)21(17)23/h3-14H,15H2,1-2H3;3-13H,14H2,1-2H3. The molecule has 0 amide bonds. The fraction of sp³-hybridized carbons (Fsp3) is 0.182. The summed E-state index contributed by atoms with van der Waals surface area (Å²) >= 11 is 3.70.